The Bertz CT molecular complexity index is 1090. The van der Waals surface area contributed by atoms with Crippen LogP contribution in [0.1, 0.15) is 16.1 Å². The molecule has 2 N–H and O–H groups in total. The number of halogens is 1. The first-order valence-electron chi connectivity index (χ1n) is 8.23. The fourth-order valence-electron chi connectivity index (χ4n) is 2.60. The Hall–Kier alpha value is -3.45. The van der Waals surface area contributed by atoms with Gasteiger partial charge in [-0.15, -0.1) is 0 Å². The van der Waals surface area contributed by atoms with E-state index in [1.54, 1.807) is 53.3 Å². The van der Waals surface area contributed by atoms with Crippen molar-refractivity contribution in [3.8, 4) is 0 Å². The highest BCUT2D eigenvalue weighted by Crippen LogP contribution is 2.16. The van der Waals surface area contributed by atoms with Gasteiger partial charge in [0, 0.05) is 29.2 Å². The highest BCUT2D eigenvalue weighted by molar-refractivity contribution is 6.30. The van der Waals surface area contributed by atoms with Crippen molar-refractivity contribution in [3.05, 3.63) is 83.4 Å². The van der Waals surface area contributed by atoms with Crippen molar-refractivity contribution in [1.82, 2.24) is 19.6 Å². The van der Waals surface area contributed by atoms with Crippen LogP contribution in [0.5, 0.6) is 0 Å². The summed E-state index contributed by atoms with van der Waals surface area (Å²) in [7, 11) is 0. The maximum atomic E-state index is 12.3. The summed E-state index contributed by atoms with van der Waals surface area (Å²) in [6.07, 6.45) is 4.97. The molecule has 27 heavy (non-hydrogen) atoms. The first-order chi connectivity index (χ1) is 13.2. The largest absolute Gasteiger partial charge is 0.364 e. The van der Waals surface area contributed by atoms with E-state index in [0.717, 1.165) is 11.3 Å². The monoisotopic (exact) mass is 378 g/mol. The fourth-order valence-corrected chi connectivity index (χ4v) is 2.79. The molecule has 0 saturated heterocycles. The van der Waals surface area contributed by atoms with Crippen molar-refractivity contribution in [2.24, 2.45) is 0 Å². The van der Waals surface area contributed by atoms with Crippen molar-refractivity contribution in [2.45, 2.75) is 6.54 Å². The number of hydrogen-bond acceptors (Lipinski definition) is 5. The molecule has 4 aromatic rings. The zero-order chi connectivity index (χ0) is 18.6. The highest BCUT2D eigenvalue weighted by atomic mass is 35.5. The Morgan fingerprint density at radius 3 is 2.81 bits per heavy atom. The molecule has 3 aromatic heterocycles. The zero-order valence-electron chi connectivity index (χ0n) is 14.1. The molecule has 3 heterocycles. The molecule has 1 aromatic carbocycles. The molecule has 0 saturated carbocycles. The van der Waals surface area contributed by atoms with Crippen LogP contribution in [0.25, 0.3) is 5.65 Å². The molecule has 1 amide bonds. The second kappa shape index (κ2) is 7.43. The van der Waals surface area contributed by atoms with Gasteiger partial charge in [0.25, 0.3) is 5.91 Å². The van der Waals surface area contributed by atoms with Gasteiger partial charge in [0.2, 0.25) is 0 Å². The lowest BCUT2D eigenvalue weighted by molar-refractivity contribution is 0.102. The molecule has 7 nitrogen and oxygen atoms in total. The van der Waals surface area contributed by atoms with Gasteiger partial charge in [-0.05, 0) is 36.4 Å². The molecule has 0 unspecified atom stereocenters. The van der Waals surface area contributed by atoms with Gasteiger partial charge < -0.3 is 10.6 Å². The summed E-state index contributed by atoms with van der Waals surface area (Å²) in [5.41, 5.74) is 2.83. The van der Waals surface area contributed by atoms with E-state index >= 15 is 0 Å². The van der Waals surface area contributed by atoms with Gasteiger partial charge in [-0.3, -0.25) is 4.79 Å². The smallest absolute Gasteiger partial charge is 0.257 e. The predicted octanol–water partition coefficient (Wildman–Crippen LogP) is 3.64. The highest BCUT2D eigenvalue weighted by Gasteiger charge is 2.08. The standard InChI is InChI=1S/C19H15ClN6O/c20-14-2-1-3-15(10-14)25-19(27)13-4-5-17(22-11-13)23-12-16-6-8-21-18-7-9-24-26(16)18/h1-11H,12H2,(H,22,23)(H,25,27). The van der Waals surface area contributed by atoms with Crippen LogP contribution in [0, 0.1) is 0 Å². The van der Waals surface area contributed by atoms with E-state index in [4.69, 9.17) is 11.6 Å². The van der Waals surface area contributed by atoms with E-state index in [2.05, 4.69) is 25.7 Å². The molecule has 0 aliphatic rings. The number of pyridine rings is 1. The summed E-state index contributed by atoms with van der Waals surface area (Å²) in [6.45, 7) is 0.530. The Labute approximate surface area is 160 Å². The molecular weight excluding hydrogens is 364 g/mol. The van der Waals surface area contributed by atoms with Crippen molar-refractivity contribution in [1.29, 1.82) is 0 Å². The number of amides is 1. The molecule has 0 aliphatic heterocycles. The number of carbonyl (C=O) groups is 1. The summed E-state index contributed by atoms with van der Waals surface area (Å²) in [5, 5.41) is 10.8. The number of carbonyl (C=O) groups excluding carboxylic acids is 1. The number of anilines is 2. The summed E-state index contributed by atoms with van der Waals surface area (Å²) in [6, 6.07) is 14.2. The summed E-state index contributed by atoms with van der Waals surface area (Å²) >= 11 is 5.93. The topological polar surface area (TPSA) is 84.2 Å². The maximum absolute atomic E-state index is 12.3. The molecule has 8 heteroatoms. The lowest BCUT2D eigenvalue weighted by Crippen LogP contribution is -2.13. The Balaban J connectivity index is 1.41. The minimum atomic E-state index is -0.247. The first kappa shape index (κ1) is 17.0. The van der Waals surface area contributed by atoms with Gasteiger partial charge in [0.05, 0.1) is 24.0 Å². The summed E-state index contributed by atoms with van der Waals surface area (Å²) in [4.78, 5) is 20.8. The van der Waals surface area contributed by atoms with Crippen LogP contribution in [0.4, 0.5) is 11.5 Å². The average molecular weight is 379 g/mol. The second-order valence-electron chi connectivity index (χ2n) is 5.79. The third kappa shape index (κ3) is 3.88. The van der Waals surface area contributed by atoms with E-state index in [0.29, 0.717) is 28.6 Å². The molecule has 0 aliphatic carbocycles. The molecule has 0 radical (unpaired) electrons. The van der Waals surface area contributed by atoms with Crippen LogP contribution >= 0.6 is 11.6 Å². The predicted molar refractivity (Wildman–Crippen MR) is 104 cm³/mol. The van der Waals surface area contributed by atoms with Crippen molar-refractivity contribution >= 4 is 34.7 Å². The number of hydrogen-bond donors (Lipinski definition) is 2. The number of rotatable bonds is 5. The number of benzene rings is 1. The molecule has 0 spiro atoms. The lowest BCUT2D eigenvalue weighted by Gasteiger charge is -2.09. The van der Waals surface area contributed by atoms with Gasteiger partial charge in [0.15, 0.2) is 5.65 Å². The van der Waals surface area contributed by atoms with Crippen LogP contribution in [0.15, 0.2) is 67.1 Å². The van der Waals surface area contributed by atoms with Crippen LogP contribution in [-0.4, -0.2) is 25.5 Å². The van der Waals surface area contributed by atoms with Gasteiger partial charge in [-0.1, -0.05) is 17.7 Å². The fraction of sp³-hybridized carbons (Fsp3) is 0.0526. The van der Waals surface area contributed by atoms with E-state index < -0.39 is 0 Å². The maximum Gasteiger partial charge on any atom is 0.257 e. The van der Waals surface area contributed by atoms with Gasteiger partial charge in [-0.2, -0.15) is 5.10 Å². The van der Waals surface area contributed by atoms with E-state index in [1.807, 2.05) is 12.1 Å². The lowest BCUT2D eigenvalue weighted by atomic mass is 10.2. The quantitative estimate of drug-likeness (QED) is 0.554. The minimum Gasteiger partial charge on any atom is -0.364 e. The molecule has 134 valence electrons. The number of nitrogens with zero attached hydrogens (tertiary/aromatic N) is 4. The van der Waals surface area contributed by atoms with E-state index in [-0.39, 0.29) is 5.91 Å². The SMILES string of the molecule is O=C(Nc1cccc(Cl)c1)c1ccc(NCc2ccnc3ccnn23)nc1. The molecule has 0 atom stereocenters. The van der Waals surface area contributed by atoms with Crippen molar-refractivity contribution in [2.75, 3.05) is 10.6 Å². The number of aromatic nitrogens is 4. The summed E-state index contributed by atoms with van der Waals surface area (Å²) < 4.78 is 1.76. The molecule has 4 rings (SSSR count). The molecule has 0 fully saturated rings. The number of nitrogens with one attached hydrogen (secondary N) is 2. The van der Waals surface area contributed by atoms with E-state index in [9.17, 15) is 4.79 Å². The Morgan fingerprint density at radius 2 is 2.00 bits per heavy atom. The van der Waals surface area contributed by atoms with E-state index in [1.165, 1.54) is 6.20 Å². The normalized spacial score (nSPS) is 10.7. The Kier molecular flexibility index (Phi) is 4.67. The average Bonchev–Trinajstić information content (AvgIpc) is 3.16. The van der Waals surface area contributed by atoms with Gasteiger partial charge in [-0.25, -0.2) is 14.5 Å². The van der Waals surface area contributed by atoms with Crippen LogP contribution < -0.4 is 10.6 Å². The molecular formula is C19H15ClN6O. The van der Waals surface area contributed by atoms with Crippen LogP contribution in [-0.2, 0) is 6.54 Å². The van der Waals surface area contributed by atoms with Crippen LogP contribution in [0.3, 0.4) is 0 Å². The second-order valence-corrected chi connectivity index (χ2v) is 6.22. The summed E-state index contributed by atoms with van der Waals surface area (Å²) in [5.74, 6) is 0.412. The minimum absolute atomic E-state index is 0.247. The molecule has 0 bridgehead atoms. The van der Waals surface area contributed by atoms with Gasteiger partial charge >= 0.3 is 0 Å². The van der Waals surface area contributed by atoms with Crippen LogP contribution in [0.2, 0.25) is 5.02 Å². The van der Waals surface area contributed by atoms with Gasteiger partial charge in [0.1, 0.15) is 5.82 Å². The first-order valence-corrected chi connectivity index (χ1v) is 8.61. The van der Waals surface area contributed by atoms with Crippen molar-refractivity contribution < 1.29 is 4.79 Å². The third-order valence-electron chi connectivity index (χ3n) is 3.93. The van der Waals surface area contributed by atoms with Crippen molar-refractivity contribution in [3.63, 3.8) is 0 Å². The Morgan fingerprint density at radius 1 is 1.07 bits per heavy atom. The third-order valence-corrected chi connectivity index (χ3v) is 4.16. The zero-order valence-corrected chi connectivity index (χ0v) is 14.9. The number of fused-ring (bicyclic) bond motifs is 1.